The third-order valence-electron chi connectivity index (χ3n) is 6.78. The van der Waals surface area contributed by atoms with E-state index in [9.17, 15) is 23.1 Å². The van der Waals surface area contributed by atoms with Crippen LogP contribution in [0.5, 0.6) is 11.5 Å². The Labute approximate surface area is 206 Å². The van der Waals surface area contributed by atoms with Gasteiger partial charge in [0, 0.05) is 34.1 Å². The molecule has 2 N–H and O–H groups in total. The van der Waals surface area contributed by atoms with Crippen LogP contribution in [-0.4, -0.2) is 30.1 Å². The summed E-state index contributed by atoms with van der Waals surface area (Å²) >= 11 is 0. The molecule has 0 unspecified atom stereocenters. The van der Waals surface area contributed by atoms with E-state index in [1.54, 1.807) is 39.1 Å². The van der Waals surface area contributed by atoms with Gasteiger partial charge in [-0.1, -0.05) is 26.5 Å². The number of allylic oxidation sites excluding steroid dienone is 4. The number of aliphatic hydroxyl groups excluding tert-OH is 1. The number of ether oxygens (including phenoxy) is 2. The van der Waals surface area contributed by atoms with Gasteiger partial charge in [0.25, 0.3) is 0 Å². The van der Waals surface area contributed by atoms with Gasteiger partial charge < -0.3 is 19.6 Å². The lowest BCUT2D eigenvalue weighted by atomic mass is 9.73. The molecule has 0 aliphatic heterocycles. The van der Waals surface area contributed by atoms with Crippen LogP contribution in [0.4, 0.5) is 13.2 Å². The molecule has 5 nitrogen and oxygen atoms in total. The molecule has 8 heteroatoms. The van der Waals surface area contributed by atoms with Crippen molar-refractivity contribution in [1.82, 2.24) is 4.98 Å². The summed E-state index contributed by atoms with van der Waals surface area (Å²) in [5, 5.41) is 11.5. The Hall–Kier alpha value is -3.94. The number of fused-ring (bicyclic) bond motifs is 1. The number of rotatable bonds is 6. The third kappa shape index (κ3) is 3.96. The first-order valence-electron chi connectivity index (χ1n) is 11.1. The second-order valence-corrected chi connectivity index (χ2v) is 9.24. The molecule has 3 aromatic rings. The SMILES string of the molecule is C=C(/C=C1/C(=O)C(c2c[nH]c3cc(OC)c(OC)cc23)=C1O)C(C)(C)c1cc(C(F)(F)F)ccc1C. The van der Waals surface area contributed by atoms with Gasteiger partial charge in [-0.2, -0.15) is 13.2 Å². The number of carbonyl (C=O) groups excluding carboxylic acids is 1. The summed E-state index contributed by atoms with van der Waals surface area (Å²) < 4.78 is 50.6. The van der Waals surface area contributed by atoms with Crippen molar-refractivity contribution in [2.24, 2.45) is 0 Å². The number of benzene rings is 2. The number of hydrogen-bond donors (Lipinski definition) is 2. The minimum absolute atomic E-state index is 0.0579. The molecule has 0 fully saturated rings. The van der Waals surface area contributed by atoms with Crippen LogP contribution in [0.1, 0.15) is 36.1 Å². The van der Waals surface area contributed by atoms with Gasteiger partial charge >= 0.3 is 6.18 Å². The Balaban J connectivity index is 1.72. The summed E-state index contributed by atoms with van der Waals surface area (Å²) in [5.74, 6) is 0.398. The number of alkyl halides is 3. The minimum atomic E-state index is -4.48. The monoisotopic (exact) mass is 497 g/mol. The van der Waals surface area contributed by atoms with Crippen LogP contribution in [0, 0.1) is 6.92 Å². The highest BCUT2D eigenvalue weighted by atomic mass is 19.4. The van der Waals surface area contributed by atoms with Crippen molar-refractivity contribution in [2.45, 2.75) is 32.4 Å². The van der Waals surface area contributed by atoms with Crippen molar-refractivity contribution in [3.63, 3.8) is 0 Å². The second-order valence-electron chi connectivity index (χ2n) is 9.24. The molecule has 0 saturated heterocycles. The number of methoxy groups -OCH3 is 2. The zero-order valence-corrected chi connectivity index (χ0v) is 20.6. The molecule has 2 aromatic carbocycles. The summed E-state index contributed by atoms with van der Waals surface area (Å²) in [6.45, 7) is 9.22. The first-order valence-corrected chi connectivity index (χ1v) is 11.1. The highest BCUT2D eigenvalue weighted by molar-refractivity contribution is 6.40. The predicted molar refractivity (Wildman–Crippen MR) is 132 cm³/mol. The lowest BCUT2D eigenvalue weighted by Gasteiger charge is -2.30. The van der Waals surface area contributed by atoms with Crippen LogP contribution in [-0.2, 0) is 16.4 Å². The Morgan fingerprint density at radius 2 is 1.72 bits per heavy atom. The van der Waals surface area contributed by atoms with E-state index in [4.69, 9.17) is 9.47 Å². The van der Waals surface area contributed by atoms with E-state index < -0.39 is 17.2 Å². The summed E-state index contributed by atoms with van der Waals surface area (Å²) in [6.07, 6.45) is -1.42. The molecule has 0 atom stereocenters. The van der Waals surface area contributed by atoms with Gasteiger partial charge in [0.05, 0.1) is 30.9 Å². The van der Waals surface area contributed by atoms with Gasteiger partial charge in [-0.25, -0.2) is 0 Å². The Morgan fingerprint density at radius 1 is 1.08 bits per heavy atom. The number of carbonyl (C=O) groups is 1. The van der Waals surface area contributed by atoms with Crippen molar-refractivity contribution < 1.29 is 32.5 Å². The Morgan fingerprint density at radius 3 is 2.31 bits per heavy atom. The Bertz CT molecular complexity index is 1470. The van der Waals surface area contributed by atoms with Crippen LogP contribution < -0.4 is 9.47 Å². The fourth-order valence-corrected chi connectivity index (χ4v) is 4.46. The zero-order chi connectivity index (χ0) is 26.6. The van der Waals surface area contributed by atoms with E-state index in [1.807, 2.05) is 0 Å². The summed E-state index contributed by atoms with van der Waals surface area (Å²) in [6, 6.07) is 7.02. The number of ketones is 1. The number of aliphatic hydroxyl groups is 1. The number of H-pyrrole nitrogens is 1. The van der Waals surface area contributed by atoms with Gasteiger partial charge in [0.2, 0.25) is 5.78 Å². The van der Waals surface area contributed by atoms with Crippen LogP contribution in [0.25, 0.3) is 16.5 Å². The van der Waals surface area contributed by atoms with Crippen LogP contribution in [0.15, 0.2) is 66.1 Å². The lowest BCUT2D eigenvalue weighted by molar-refractivity contribution is -0.137. The molecule has 0 radical (unpaired) electrons. The minimum Gasteiger partial charge on any atom is -0.506 e. The zero-order valence-electron chi connectivity index (χ0n) is 20.6. The molecule has 4 rings (SSSR count). The molecular formula is C28H26F3NO4. The van der Waals surface area contributed by atoms with Crippen LogP contribution >= 0.6 is 0 Å². The number of aryl methyl sites for hydroxylation is 1. The molecule has 188 valence electrons. The highest BCUT2D eigenvalue weighted by Gasteiger charge is 2.38. The fraction of sp³-hybridized carbons (Fsp3) is 0.250. The third-order valence-corrected chi connectivity index (χ3v) is 6.78. The molecule has 0 saturated carbocycles. The molecule has 36 heavy (non-hydrogen) atoms. The topological polar surface area (TPSA) is 71.6 Å². The van der Waals surface area contributed by atoms with Gasteiger partial charge in [-0.05, 0) is 47.9 Å². The molecule has 0 bridgehead atoms. The van der Waals surface area contributed by atoms with Crippen molar-refractivity contribution in [1.29, 1.82) is 0 Å². The van der Waals surface area contributed by atoms with E-state index in [-0.39, 0.29) is 22.7 Å². The second kappa shape index (κ2) is 8.62. The number of hydrogen-bond acceptors (Lipinski definition) is 4. The smallest absolute Gasteiger partial charge is 0.416 e. The van der Waals surface area contributed by atoms with E-state index in [2.05, 4.69) is 11.6 Å². The van der Waals surface area contributed by atoms with Gasteiger partial charge in [-0.3, -0.25) is 4.79 Å². The quantitative estimate of drug-likeness (QED) is 0.367. The maximum absolute atomic E-state index is 13.3. The molecule has 1 aliphatic rings. The van der Waals surface area contributed by atoms with E-state index >= 15 is 0 Å². The summed E-state index contributed by atoms with van der Waals surface area (Å²) in [7, 11) is 3.02. The first kappa shape index (κ1) is 25.2. The number of aromatic nitrogens is 1. The highest BCUT2D eigenvalue weighted by Crippen LogP contribution is 2.44. The number of halogens is 3. The summed E-state index contributed by atoms with van der Waals surface area (Å²) in [5.41, 5.74) is 1.20. The molecular weight excluding hydrogens is 471 g/mol. The molecule has 0 spiro atoms. The van der Waals surface area contributed by atoms with Crippen LogP contribution in [0.3, 0.4) is 0 Å². The van der Waals surface area contributed by atoms with Gasteiger partial charge in [0.1, 0.15) is 5.76 Å². The molecule has 1 aromatic heterocycles. The number of nitrogens with one attached hydrogen (secondary N) is 1. The number of aromatic amines is 1. The maximum Gasteiger partial charge on any atom is 0.416 e. The summed E-state index contributed by atoms with van der Waals surface area (Å²) in [4.78, 5) is 16.2. The van der Waals surface area contributed by atoms with Gasteiger partial charge in [-0.15, -0.1) is 0 Å². The van der Waals surface area contributed by atoms with Crippen LogP contribution in [0.2, 0.25) is 0 Å². The van der Waals surface area contributed by atoms with Crippen molar-refractivity contribution in [2.75, 3.05) is 14.2 Å². The van der Waals surface area contributed by atoms with E-state index in [0.717, 1.165) is 12.1 Å². The van der Waals surface area contributed by atoms with Crippen molar-refractivity contribution in [3.05, 3.63) is 88.3 Å². The average molecular weight is 498 g/mol. The average Bonchev–Trinajstić information content (AvgIpc) is 3.22. The fourth-order valence-electron chi connectivity index (χ4n) is 4.46. The van der Waals surface area contributed by atoms with Crippen molar-refractivity contribution >= 4 is 22.3 Å². The molecule has 0 amide bonds. The predicted octanol–water partition coefficient (Wildman–Crippen LogP) is 6.82. The Kier molecular flexibility index (Phi) is 6.02. The van der Waals surface area contributed by atoms with Crippen molar-refractivity contribution in [3.8, 4) is 11.5 Å². The van der Waals surface area contributed by atoms with E-state index in [0.29, 0.717) is 44.7 Å². The maximum atomic E-state index is 13.3. The molecule has 1 aliphatic carbocycles. The standard InChI is InChI=1S/C28H26F3NO4/c1-14-7-8-16(28(29,30)31)10-20(14)27(3,4)15(2)9-18-25(33)24(26(18)34)19-13-32-21-12-23(36-6)22(35-5)11-17(19)21/h7-13,32-33H,2H2,1,3-6H3/b18-9+. The van der Waals surface area contributed by atoms with E-state index in [1.165, 1.54) is 26.4 Å². The largest absolute Gasteiger partial charge is 0.506 e. The van der Waals surface area contributed by atoms with Gasteiger partial charge in [0.15, 0.2) is 11.5 Å². The molecule has 1 heterocycles. The lowest BCUT2D eigenvalue weighted by Crippen LogP contribution is -2.25. The number of Topliss-reactive ketones (excluding diaryl/α,β-unsaturated/α-hetero) is 1. The normalized spacial score (nSPS) is 15.4. The first-order chi connectivity index (χ1) is 16.8.